The second-order valence-electron chi connectivity index (χ2n) is 7.46. The molecule has 1 fully saturated rings. The number of carbonyl (C=O) groups is 2. The maximum atomic E-state index is 13.0. The van der Waals surface area contributed by atoms with Crippen LogP contribution < -0.4 is 20.3 Å². The second kappa shape index (κ2) is 9.67. The number of nitrogens with one attached hydrogen (secondary N) is 2. The summed E-state index contributed by atoms with van der Waals surface area (Å²) < 4.78 is 5.13. The Morgan fingerprint density at radius 1 is 1.09 bits per heavy atom. The highest BCUT2D eigenvalue weighted by atomic mass is 32.1. The van der Waals surface area contributed by atoms with Crippen molar-refractivity contribution in [3.8, 4) is 5.75 Å². The minimum Gasteiger partial charge on any atom is -0.497 e. The van der Waals surface area contributed by atoms with Gasteiger partial charge in [-0.2, -0.15) is 0 Å². The highest BCUT2D eigenvalue weighted by molar-refractivity contribution is 7.80. The lowest BCUT2D eigenvalue weighted by molar-refractivity contribution is -0.113. The average Bonchev–Trinajstić information content (AvgIpc) is 3.11. The topological polar surface area (TPSA) is 70.7 Å². The summed E-state index contributed by atoms with van der Waals surface area (Å²) in [5, 5.41) is 6.22. The predicted octanol–water partition coefficient (Wildman–Crippen LogP) is 4.77. The number of aryl methyl sites for hydroxylation is 1. The Hall–Kier alpha value is -3.97. The zero-order valence-corrected chi connectivity index (χ0v) is 19.1. The Balaban J connectivity index is 1.52. The molecule has 0 spiro atoms. The first kappa shape index (κ1) is 22.2. The van der Waals surface area contributed by atoms with E-state index in [0.717, 1.165) is 23.2 Å². The van der Waals surface area contributed by atoms with Crippen molar-refractivity contribution in [1.82, 2.24) is 5.32 Å². The SMILES string of the molecule is CCc1cccc(N2C(=O)/C(=C\c3cccc(NC(=O)c4ccc(OC)cc4)c3)NC2=S)c1. The number of thiocarbonyl (C=S) groups is 1. The number of rotatable bonds is 6. The van der Waals surface area contributed by atoms with Crippen LogP contribution in [0.25, 0.3) is 6.08 Å². The van der Waals surface area contributed by atoms with Crippen LogP contribution in [0.15, 0.2) is 78.5 Å². The minimum absolute atomic E-state index is 0.221. The van der Waals surface area contributed by atoms with E-state index in [9.17, 15) is 9.59 Å². The monoisotopic (exact) mass is 457 g/mol. The molecule has 6 nitrogen and oxygen atoms in total. The summed E-state index contributed by atoms with van der Waals surface area (Å²) in [4.78, 5) is 27.1. The normalized spacial score (nSPS) is 14.4. The van der Waals surface area contributed by atoms with Crippen molar-refractivity contribution in [1.29, 1.82) is 0 Å². The van der Waals surface area contributed by atoms with E-state index in [0.29, 0.717) is 27.8 Å². The number of nitrogens with zero attached hydrogens (tertiary/aromatic N) is 1. The molecule has 1 saturated heterocycles. The first-order valence-electron chi connectivity index (χ1n) is 10.5. The van der Waals surface area contributed by atoms with E-state index in [1.165, 1.54) is 4.90 Å². The summed E-state index contributed by atoms with van der Waals surface area (Å²) in [7, 11) is 1.58. The van der Waals surface area contributed by atoms with Crippen molar-refractivity contribution in [3.05, 3.63) is 95.2 Å². The van der Waals surface area contributed by atoms with E-state index >= 15 is 0 Å². The summed E-state index contributed by atoms with van der Waals surface area (Å²) >= 11 is 5.41. The molecule has 0 atom stereocenters. The molecule has 1 aliphatic heterocycles. The van der Waals surface area contributed by atoms with E-state index in [1.54, 1.807) is 49.6 Å². The van der Waals surface area contributed by atoms with Crippen LogP contribution in [0.3, 0.4) is 0 Å². The molecule has 3 aromatic carbocycles. The van der Waals surface area contributed by atoms with E-state index in [2.05, 4.69) is 17.6 Å². The number of hydrogen-bond acceptors (Lipinski definition) is 4. The fourth-order valence-electron chi connectivity index (χ4n) is 3.50. The van der Waals surface area contributed by atoms with Crippen LogP contribution in [0, 0.1) is 0 Å². The molecule has 4 rings (SSSR count). The largest absolute Gasteiger partial charge is 0.497 e. The molecule has 0 aliphatic carbocycles. The standard InChI is InChI=1S/C26H23N3O3S/c1-3-17-6-5-9-21(15-17)29-25(31)23(28-26(29)33)16-18-7-4-8-20(14-18)27-24(30)19-10-12-22(32-2)13-11-19/h4-16H,3H2,1-2H3,(H,27,30)(H,28,33)/b23-16+. The lowest BCUT2D eigenvalue weighted by Crippen LogP contribution is -2.30. The van der Waals surface area contributed by atoms with E-state index in [1.807, 2.05) is 36.4 Å². The Labute approximate surface area is 197 Å². The molecular formula is C26H23N3O3S. The fourth-order valence-corrected chi connectivity index (χ4v) is 3.80. The molecule has 0 radical (unpaired) electrons. The molecule has 0 unspecified atom stereocenters. The molecule has 2 amide bonds. The van der Waals surface area contributed by atoms with E-state index in [4.69, 9.17) is 17.0 Å². The van der Waals surface area contributed by atoms with E-state index < -0.39 is 0 Å². The Morgan fingerprint density at radius 2 is 1.85 bits per heavy atom. The molecule has 1 heterocycles. The molecule has 0 saturated carbocycles. The van der Waals surface area contributed by atoms with Crippen molar-refractivity contribution in [2.75, 3.05) is 17.3 Å². The number of ether oxygens (including phenoxy) is 1. The zero-order valence-electron chi connectivity index (χ0n) is 18.3. The first-order valence-corrected chi connectivity index (χ1v) is 10.9. The molecule has 166 valence electrons. The number of hydrogen-bond donors (Lipinski definition) is 2. The third-order valence-corrected chi connectivity index (χ3v) is 5.55. The number of benzene rings is 3. The molecule has 0 aromatic heterocycles. The molecular weight excluding hydrogens is 434 g/mol. The quantitative estimate of drug-likeness (QED) is 0.412. The summed E-state index contributed by atoms with van der Waals surface area (Å²) in [6.45, 7) is 2.06. The Bertz CT molecular complexity index is 1250. The summed E-state index contributed by atoms with van der Waals surface area (Å²) in [6, 6.07) is 21.9. The Morgan fingerprint density at radius 3 is 2.58 bits per heavy atom. The van der Waals surface area contributed by atoms with Gasteiger partial charge in [-0.3, -0.25) is 14.5 Å². The summed E-state index contributed by atoms with van der Waals surface area (Å²) in [5.41, 5.74) is 4.13. The van der Waals surface area contributed by atoms with Crippen LogP contribution in [0.4, 0.5) is 11.4 Å². The van der Waals surface area contributed by atoms with Crippen molar-refractivity contribution < 1.29 is 14.3 Å². The van der Waals surface area contributed by atoms with Gasteiger partial charge >= 0.3 is 0 Å². The minimum atomic E-state index is -0.235. The maximum Gasteiger partial charge on any atom is 0.281 e. The van der Waals surface area contributed by atoms with Gasteiger partial charge in [-0.1, -0.05) is 31.2 Å². The highest BCUT2D eigenvalue weighted by Crippen LogP contribution is 2.24. The van der Waals surface area contributed by atoms with Crippen molar-refractivity contribution >= 4 is 46.6 Å². The van der Waals surface area contributed by atoms with Gasteiger partial charge in [-0.25, -0.2) is 0 Å². The van der Waals surface area contributed by atoms with Crippen molar-refractivity contribution in [3.63, 3.8) is 0 Å². The molecule has 2 N–H and O–H groups in total. The molecule has 1 aliphatic rings. The molecule has 33 heavy (non-hydrogen) atoms. The summed E-state index contributed by atoms with van der Waals surface area (Å²) in [5.74, 6) is 0.226. The van der Waals surface area contributed by atoms with E-state index in [-0.39, 0.29) is 11.8 Å². The van der Waals surface area contributed by atoms with Gasteiger partial charge in [-0.15, -0.1) is 0 Å². The summed E-state index contributed by atoms with van der Waals surface area (Å²) in [6.07, 6.45) is 2.59. The molecule has 7 heteroatoms. The van der Waals surface area contributed by atoms with Gasteiger partial charge in [0.15, 0.2) is 5.11 Å². The van der Waals surface area contributed by atoms with Crippen LogP contribution in [0.5, 0.6) is 5.75 Å². The van der Waals surface area contributed by atoms with Gasteiger partial charge in [-0.05, 0) is 84.4 Å². The third-order valence-electron chi connectivity index (χ3n) is 5.26. The molecule has 0 bridgehead atoms. The second-order valence-corrected chi connectivity index (χ2v) is 7.85. The predicted molar refractivity (Wildman–Crippen MR) is 134 cm³/mol. The first-order chi connectivity index (χ1) is 16.0. The van der Waals surface area contributed by atoms with Gasteiger partial charge in [0.05, 0.1) is 12.8 Å². The fraction of sp³-hybridized carbons (Fsp3) is 0.115. The number of amides is 2. The zero-order chi connectivity index (χ0) is 23.4. The van der Waals surface area contributed by atoms with Crippen LogP contribution >= 0.6 is 12.2 Å². The van der Waals surface area contributed by atoms with Gasteiger partial charge in [0.2, 0.25) is 0 Å². The highest BCUT2D eigenvalue weighted by Gasteiger charge is 2.32. The van der Waals surface area contributed by atoms with Gasteiger partial charge in [0.25, 0.3) is 11.8 Å². The number of methoxy groups -OCH3 is 1. The van der Waals surface area contributed by atoms with Crippen LogP contribution in [0.2, 0.25) is 0 Å². The van der Waals surface area contributed by atoms with Gasteiger partial charge < -0.3 is 15.4 Å². The lowest BCUT2D eigenvalue weighted by atomic mass is 10.1. The smallest absolute Gasteiger partial charge is 0.281 e. The van der Waals surface area contributed by atoms with Crippen LogP contribution in [-0.2, 0) is 11.2 Å². The van der Waals surface area contributed by atoms with Crippen LogP contribution in [0.1, 0.15) is 28.4 Å². The van der Waals surface area contributed by atoms with Crippen LogP contribution in [-0.4, -0.2) is 24.0 Å². The van der Waals surface area contributed by atoms with Crippen molar-refractivity contribution in [2.45, 2.75) is 13.3 Å². The third kappa shape index (κ3) is 4.94. The average molecular weight is 458 g/mol. The molecule has 3 aromatic rings. The van der Waals surface area contributed by atoms with Gasteiger partial charge in [0, 0.05) is 11.3 Å². The Kier molecular flexibility index (Phi) is 6.51. The van der Waals surface area contributed by atoms with Crippen molar-refractivity contribution in [2.24, 2.45) is 0 Å². The van der Waals surface area contributed by atoms with Gasteiger partial charge in [0.1, 0.15) is 11.4 Å². The lowest BCUT2D eigenvalue weighted by Gasteiger charge is -2.14. The number of carbonyl (C=O) groups excluding carboxylic acids is 2. The number of anilines is 2. The maximum absolute atomic E-state index is 13.0.